The van der Waals surface area contributed by atoms with E-state index in [0.29, 0.717) is 11.3 Å². The van der Waals surface area contributed by atoms with Crippen molar-refractivity contribution in [2.24, 2.45) is 0 Å². The molecule has 5 nitrogen and oxygen atoms in total. The summed E-state index contributed by atoms with van der Waals surface area (Å²) in [6.07, 6.45) is 0. The molecule has 2 aromatic carbocycles. The van der Waals surface area contributed by atoms with Crippen LogP contribution in [0.5, 0.6) is 0 Å². The van der Waals surface area contributed by atoms with Crippen LogP contribution in [0.1, 0.15) is 23.6 Å². The molecule has 0 aromatic heterocycles. The number of hydrogen-bond acceptors (Lipinski definition) is 3. The Kier molecular flexibility index (Phi) is 5.18. The smallest absolute Gasteiger partial charge is 0.240 e. The molecule has 0 aliphatic rings. The lowest BCUT2D eigenvalue weighted by Gasteiger charge is -2.11. The van der Waals surface area contributed by atoms with Gasteiger partial charge in [-0.25, -0.2) is 13.1 Å². The van der Waals surface area contributed by atoms with Crippen LogP contribution in [0.2, 0.25) is 0 Å². The molecule has 0 bridgehead atoms. The van der Waals surface area contributed by atoms with E-state index in [4.69, 9.17) is 0 Å². The van der Waals surface area contributed by atoms with Gasteiger partial charge < -0.3 is 5.32 Å². The van der Waals surface area contributed by atoms with Gasteiger partial charge in [0.25, 0.3) is 0 Å². The van der Waals surface area contributed by atoms with Crippen molar-refractivity contribution < 1.29 is 13.2 Å². The van der Waals surface area contributed by atoms with Gasteiger partial charge in [0.2, 0.25) is 15.9 Å². The molecular formula is C17H20N2O3S. The molecule has 0 aliphatic carbocycles. The summed E-state index contributed by atoms with van der Waals surface area (Å²) in [6, 6.07) is 12.3. The van der Waals surface area contributed by atoms with Crippen LogP contribution in [-0.4, -0.2) is 14.3 Å². The van der Waals surface area contributed by atoms with E-state index in [-0.39, 0.29) is 17.3 Å². The quantitative estimate of drug-likeness (QED) is 0.884. The van der Waals surface area contributed by atoms with Crippen molar-refractivity contribution in [3.63, 3.8) is 0 Å². The molecule has 0 fully saturated rings. The van der Waals surface area contributed by atoms with Crippen LogP contribution >= 0.6 is 0 Å². The highest BCUT2D eigenvalue weighted by molar-refractivity contribution is 7.89. The average molecular weight is 332 g/mol. The first-order chi connectivity index (χ1) is 10.8. The Balaban J connectivity index is 2.14. The van der Waals surface area contributed by atoms with Gasteiger partial charge in [-0.1, -0.05) is 29.8 Å². The maximum absolute atomic E-state index is 12.4. The molecule has 0 spiro atoms. The molecule has 0 unspecified atom stereocenters. The monoisotopic (exact) mass is 332 g/mol. The van der Waals surface area contributed by atoms with Crippen LogP contribution in [0.15, 0.2) is 47.4 Å². The molecule has 23 heavy (non-hydrogen) atoms. The summed E-state index contributed by atoms with van der Waals surface area (Å²) in [5.74, 6) is -0.193. The molecule has 0 radical (unpaired) electrons. The van der Waals surface area contributed by atoms with Crippen LogP contribution in [0.4, 0.5) is 5.69 Å². The number of amides is 1. The first-order valence-electron chi connectivity index (χ1n) is 7.21. The number of hydrogen-bond donors (Lipinski definition) is 2. The molecule has 0 atom stereocenters. The first-order valence-corrected chi connectivity index (χ1v) is 8.70. The summed E-state index contributed by atoms with van der Waals surface area (Å²) in [5, 5.41) is 2.66. The SMILES string of the molecule is CC(=O)Nc1ccc(S(=O)(=O)NCc2ccc(C)cc2)cc1C. The minimum absolute atomic E-state index is 0.177. The maximum Gasteiger partial charge on any atom is 0.240 e. The van der Waals surface area contributed by atoms with E-state index in [2.05, 4.69) is 10.0 Å². The van der Waals surface area contributed by atoms with Crippen molar-refractivity contribution >= 4 is 21.6 Å². The zero-order chi connectivity index (χ0) is 17.0. The molecule has 2 aromatic rings. The van der Waals surface area contributed by atoms with Gasteiger partial charge in [-0.15, -0.1) is 0 Å². The van der Waals surface area contributed by atoms with E-state index in [1.54, 1.807) is 19.1 Å². The average Bonchev–Trinajstić information content (AvgIpc) is 2.48. The van der Waals surface area contributed by atoms with E-state index in [1.165, 1.54) is 13.0 Å². The molecule has 122 valence electrons. The predicted octanol–water partition coefficient (Wildman–Crippen LogP) is 2.74. The van der Waals surface area contributed by atoms with Crippen molar-refractivity contribution in [1.82, 2.24) is 4.72 Å². The highest BCUT2D eigenvalue weighted by atomic mass is 32.2. The van der Waals surface area contributed by atoms with Gasteiger partial charge in [-0.3, -0.25) is 4.79 Å². The predicted molar refractivity (Wildman–Crippen MR) is 90.7 cm³/mol. The summed E-state index contributed by atoms with van der Waals surface area (Å²) >= 11 is 0. The van der Waals surface area contributed by atoms with Gasteiger partial charge in [0.15, 0.2) is 0 Å². The highest BCUT2D eigenvalue weighted by Gasteiger charge is 2.15. The lowest BCUT2D eigenvalue weighted by molar-refractivity contribution is -0.114. The second-order valence-corrected chi connectivity index (χ2v) is 7.24. The molecule has 0 heterocycles. The highest BCUT2D eigenvalue weighted by Crippen LogP contribution is 2.20. The van der Waals surface area contributed by atoms with Gasteiger partial charge in [-0.2, -0.15) is 0 Å². The Morgan fingerprint density at radius 3 is 2.26 bits per heavy atom. The Bertz CT molecular complexity index is 812. The Morgan fingerprint density at radius 1 is 1.04 bits per heavy atom. The topological polar surface area (TPSA) is 75.3 Å². The van der Waals surface area contributed by atoms with Gasteiger partial charge in [0.1, 0.15) is 0 Å². The van der Waals surface area contributed by atoms with Crippen molar-refractivity contribution in [1.29, 1.82) is 0 Å². The van der Waals surface area contributed by atoms with Crippen LogP contribution in [0, 0.1) is 13.8 Å². The molecule has 0 saturated heterocycles. The molecule has 2 rings (SSSR count). The zero-order valence-electron chi connectivity index (χ0n) is 13.4. The molecule has 1 amide bonds. The maximum atomic E-state index is 12.4. The fraction of sp³-hybridized carbons (Fsp3) is 0.235. The van der Waals surface area contributed by atoms with Crippen LogP contribution in [0.3, 0.4) is 0 Å². The van der Waals surface area contributed by atoms with Crippen molar-refractivity contribution in [2.45, 2.75) is 32.2 Å². The number of anilines is 1. The fourth-order valence-electron chi connectivity index (χ4n) is 2.10. The summed E-state index contributed by atoms with van der Waals surface area (Å²) in [4.78, 5) is 11.3. The lowest BCUT2D eigenvalue weighted by atomic mass is 10.2. The van der Waals surface area contributed by atoms with Crippen LogP contribution in [0.25, 0.3) is 0 Å². The number of sulfonamides is 1. The number of carbonyl (C=O) groups is 1. The van der Waals surface area contributed by atoms with E-state index in [0.717, 1.165) is 11.1 Å². The third-order valence-electron chi connectivity index (χ3n) is 3.41. The van der Waals surface area contributed by atoms with E-state index >= 15 is 0 Å². The summed E-state index contributed by atoms with van der Waals surface area (Å²) in [7, 11) is -3.60. The molecule has 6 heteroatoms. The lowest BCUT2D eigenvalue weighted by Crippen LogP contribution is -2.23. The Morgan fingerprint density at radius 2 is 1.70 bits per heavy atom. The minimum Gasteiger partial charge on any atom is -0.326 e. The number of benzene rings is 2. The van der Waals surface area contributed by atoms with Crippen LogP contribution in [-0.2, 0) is 21.4 Å². The number of carbonyl (C=O) groups excluding carboxylic acids is 1. The third-order valence-corrected chi connectivity index (χ3v) is 4.80. The van der Waals surface area contributed by atoms with E-state index in [1.807, 2.05) is 31.2 Å². The standard InChI is InChI=1S/C17H20N2O3S/c1-12-4-6-15(7-5-12)11-18-23(21,22)16-8-9-17(13(2)10-16)19-14(3)20/h4-10,18H,11H2,1-3H3,(H,19,20). The Labute approximate surface area is 136 Å². The van der Waals surface area contributed by atoms with Crippen LogP contribution < -0.4 is 10.0 Å². The van der Waals surface area contributed by atoms with Crippen molar-refractivity contribution in [2.75, 3.05) is 5.32 Å². The zero-order valence-corrected chi connectivity index (χ0v) is 14.2. The van der Waals surface area contributed by atoms with Gasteiger partial charge in [-0.05, 0) is 43.2 Å². The van der Waals surface area contributed by atoms with Gasteiger partial charge in [0.05, 0.1) is 4.90 Å². The Hall–Kier alpha value is -2.18. The van der Waals surface area contributed by atoms with E-state index < -0.39 is 10.0 Å². The van der Waals surface area contributed by atoms with Gasteiger partial charge >= 0.3 is 0 Å². The fourth-order valence-corrected chi connectivity index (χ4v) is 3.20. The summed E-state index contributed by atoms with van der Waals surface area (Å²) in [5.41, 5.74) is 3.32. The second-order valence-electron chi connectivity index (χ2n) is 5.47. The summed E-state index contributed by atoms with van der Waals surface area (Å²) in [6.45, 7) is 5.37. The van der Waals surface area contributed by atoms with Crippen molar-refractivity contribution in [3.8, 4) is 0 Å². The normalized spacial score (nSPS) is 11.3. The molecule has 0 saturated carbocycles. The van der Waals surface area contributed by atoms with Crippen molar-refractivity contribution in [3.05, 3.63) is 59.2 Å². The number of nitrogens with one attached hydrogen (secondary N) is 2. The van der Waals surface area contributed by atoms with Gasteiger partial charge in [0, 0.05) is 19.2 Å². The molecule has 2 N–H and O–H groups in total. The number of rotatable bonds is 5. The molecule has 0 aliphatic heterocycles. The second kappa shape index (κ2) is 6.93. The number of aryl methyl sites for hydroxylation is 2. The van der Waals surface area contributed by atoms with E-state index in [9.17, 15) is 13.2 Å². The first kappa shape index (κ1) is 17.2. The minimum atomic E-state index is -3.60. The largest absolute Gasteiger partial charge is 0.326 e. The molecular weight excluding hydrogens is 312 g/mol. The third kappa shape index (κ3) is 4.64. The summed E-state index contributed by atoms with van der Waals surface area (Å²) < 4.78 is 27.3.